The summed E-state index contributed by atoms with van der Waals surface area (Å²) >= 11 is 6.04. The Bertz CT molecular complexity index is 626. The number of hydrogen-bond donors (Lipinski definition) is 1. The van der Waals surface area contributed by atoms with E-state index in [2.05, 4.69) is 9.88 Å². The summed E-state index contributed by atoms with van der Waals surface area (Å²) in [4.78, 5) is 29.9. The number of rotatable bonds is 2. The molecule has 0 spiro atoms. The summed E-state index contributed by atoms with van der Waals surface area (Å²) in [5.74, 6) is 0.430. The molecule has 1 aromatic rings. The topological polar surface area (TPSA) is 58.1 Å². The van der Waals surface area contributed by atoms with Gasteiger partial charge in [-0.1, -0.05) is 25.4 Å². The molecule has 110 valence electrons. The van der Waals surface area contributed by atoms with Crippen LogP contribution in [0.2, 0.25) is 5.15 Å². The zero-order valence-corrected chi connectivity index (χ0v) is 12.6. The summed E-state index contributed by atoms with van der Waals surface area (Å²) < 4.78 is 1.41. The molecule has 1 atom stereocenters. The van der Waals surface area contributed by atoms with Crippen LogP contribution in [0.15, 0.2) is 9.59 Å². The monoisotopic (exact) mass is 297 g/mol. The van der Waals surface area contributed by atoms with Gasteiger partial charge < -0.3 is 4.90 Å². The first-order valence-electron chi connectivity index (χ1n) is 7.25. The van der Waals surface area contributed by atoms with Gasteiger partial charge in [-0.25, -0.2) is 4.79 Å². The normalized spacial score (nSPS) is 29.1. The van der Waals surface area contributed by atoms with Crippen LogP contribution in [0.4, 0.5) is 0 Å². The number of H-pyrrole nitrogens is 1. The van der Waals surface area contributed by atoms with Gasteiger partial charge in [0.25, 0.3) is 5.56 Å². The van der Waals surface area contributed by atoms with Gasteiger partial charge in [-0.3, -0.25) is 14.3 Å². The number of halogens is 1. The Kier molecular flexibility index (Phi) is 3.50. The Morgan fingerprint density at radius 1 is 1.25 bits per heavy atom. The van der Waals surface area contributed by atoms with Crippen molar-refractivity contribution in [1.29, 1.82) is 0 Å². The predicted molar refractivity (Wildman–Crippen MR) is 78.6 cm³/mol. The van der Waals surface area contributed by atoms with Crippen molar-refractivity contribution in [1.82, 2.24) is 14.5 Å². The molecular formula is C14H20ClN3O2. The summed E-state index contributed by atoms with van der Waals surface area (Å²) in [7, 11) is 0. The van der Waals surface area contributed by atoms with Crippen LogP contribution < -0.4 is 11.2 Å². The molecule has 6 heteroatoms. The molecule has 3 aliphatic heterocycles. The first kappa shape index (κ1) is 13.9. The summed E-state index contributed by atoms with van der Waals surface area (Å²) in [6.45, 7) is 6.80. The van der Waals surface area contributed by atoms with E-state index in [4.69, 9.17) is 11.6 Å². The van der Waals surface area contributed by atoms with Crippen molar-refractivity contribution in [2.45, 2.75) is 38.6 Å². The van der Waals surface area contributed by atoms with Crippen LogP contribution in [0.5, 0.6) is 0 Å². The number of piperidine rings is 3. The van der Waals surface area contributed by atoms with Gasteiger partial charge in [0.15, 0.2) is 0 Å². The first-order valence-corrected chi connectivity index (χ1v) is 7.63. The molecule has 3 fully saturated rings. The Morgan fingerprint density at radius 2 is 1.90 bits per heavy atom. The summed E-state index contributed by atoms with van der Waals surface area (Å²) in [6, 6.07) is -0.0106. The third-order valence-corrected chi connectivity index (χ3v) is 4.95. The molecule has 4 rings (SSSR count). The van der Waals surface area contributed by atoms with E-state index >= 15 is 0 Å². The third kappa shape index (κ3) is 2.13. The van der Waals surface area contributed by atoms with Crippen molar-refractivity contribution in [3.05, 3.63) is 31.6 Å². The van der Waals surface area contributed by atoms with E-state index in [1.54, 1.807) is 0 Å². The highest BCUT2D eigenvalue weighted by molar-refractivity contribution is 6.30. The van der Waals surface area contributed by atoms with E-state index in [1.807, 2.05) is 13.8 Å². The number of fused-ring (bicyclic) bond motifs is 3. The second kappa shape index (κ2) is 5.04. The van der Waals surface area contributed by atoms with Crippen molar-refractivity contribution < 1.29 is 0 Å². The molecule has 1 unspecified atom stereocenters. The minimum absolute atomic E-state index is 0.000755. The minimum atomic E-state index is -0.372. The van der Waals surface area contributed by atoms with Crippen molar-refractivity contribution in [2.24, 2.45) is 5.92 Å². The van der Waals surface area contributed by atoms with E-state index in [0.717, 1.165) is 32.5 Å². The third-order valence-electron chi connectivity index (χ3n) is 4.65. The molecule has 1 N–H and O–H groups in total. The summed E-state index contributed by atoms with van der Waals surface area (Å²) in [5, 5.41) is 0.188. The highest BCUT2D eigenvalue weighted by atomic mass is 35.5. The Labute approximate surface area is 122 Å². The highest BCUT2D eigenvalue weighted by Gasteiger charge is 2.37. The maximum absolute atomic E-state index is 12.7. The lowest BCUT2D eigenvalue weighted by Crippen LogP contribution is -2.53. The molecule has 5 nitrogen and oxygen atoms in total. The van der Waals surface area contributed by atoms with Crippen LogP contribution in [0, 0.1) is 5.92 Å². The van der Waals surface area contributed by atoms with E-state index in [0.29, 0.717) is 11.5 Å². The van der Waals surface area contributed by atoms with Gasteiger partial charge >= 0.3 is 5.69 Å². The van der Waals surface area contributed by atoms with Crippen LogP contribution in [-0.2, 0) is 0 Å². The van der Waals surface area contributed by atoms with Gasteiger partial charge in [0, 0.05) is 6.54 Å². The second-order valence-corrected chi connectivity index (χ2v) is 6.57. The molecule has 0 aromatic carbocycles. The summed E-state index contributed by atoms with van der Waals surface area (Å²) in [6.07, 6.45) is 2.13. The maximum atomic E-state index is 12.7. The fourth-order valence-electron chi connectivity index (χ4n) is 3.57. The molecule has 4 heterocycles. The number of aromatic amines is 1. The Hall–Kier alpha value is -1.07. The van der Waals surface area contributed by atoms with Crippen molar-refractivity contribution in [2.75, 3.05) is 19.6 Å². The molecule has 0 radical (unpaired) electrons. The average Bonchev–Trinajstić information content (AvgIpc) is 2.38. The zero-order chi connectivity index (χ0) is 14.4. The van der Waals surface area contributed by atoms with E-state index in [9.17, 15) is 9.59 Å². The van der Waals surface area contributed by atoms with Gasteiger partial charge in [-0.2, -0.15) is 0 Å². The Balaban J connectivity index is 2.12. The number of nitrogens with zero attached hydrogens (tertiary/aromatic N) is 2. The van der Waals surface area contributed by atoms with Crippen molar-refractivity contribution in [3.8, 4) is 0 Å². The average molecular weight is 298 g/mol. The molecular weight excluding hydrogens is 278 g/mol. The predicted octanol–water partition coefficient (Wildman–Crippen LogP) is 1.58. The highest BCUT2D eigenvalue weighted by Crippen LogP contribution is 2.34. The zero-order valence-electron chi connectivity index (χ0n) is 11.9. The van der Waals surface area contributed by atoms with E-state index in [-0.39, 0.29) is 28.4 Å². The van der Waals surface area contributed by atoms with Crippen LogP contribution in [0.25, 0.3) is 0 Å². The molecule has 20 heavy (non-hydrogen) atoms. The maximum Gasteiger partial charge on any atom is 0.329 e. The Morgan fingerprint density at radius 3 is 2.40 bits per heavy atom. The quantitative estimate of drug-likeness (QED) is 0.843. The molecule has 0 amide bonds. The molecule has 0 aliphatic carbocycles. The minimum Gasteiger partial charge on any atom is -0.301 e. The van der Waals surface area contributed by atoms with Crippen LogP contribution >= 0.6 is 11.6 Å². The number of aromatic nitrogens is 2. The number of hydrogen-bond acceptors (Lipinski definition) is 3. The van der Waals surface area contributed by atoms with Crippen molar-refractivity contribution in [3.63, 3.8) is 0 Å². The lowest BCUT2D eigenvalue weighted by molar-refractivity contribution is 0.0531. The second-order valence-electron chi connectivity index (χ2n) is 6.19. The molecule has 2 bridgehead atoms. The van der Waals surface area contributed by atoms with Crippen LogP contribution in [0.1, 0.15) is 44.2 Å². The fraction of sp³-hybridized carbons (Fsp3) is 0.714. The van der Waals surface area contributed by atoms with Gasteiger partial charge in [0.1, 0.15) is 5.15 Å². The van der Waals surface area contributed by atoms with E-state index in [1.165, 1.54) is 4.57 Å². The number of nitrogens with one attached hydrogen (secondary N) is 1. The molecule has 3 saturated heterocycles. The fourth-order valence-corrected chi connectivity index (χ4v) is 3.95. The summed E-state index contributed by atoms with van der Waals surface area (Å²) in [5.41, 5.74) is -0.0710. The molecule has 3 aliphatic rings. The van der Waals surface area contributed by atoms with Gasteiger partial charge in [0.2, 0.25) is 0 Å². The van der Waals surface area contributed by atoms with Crippen LogP contribution in [-0.4, -0.2) is 34.1 Å². The van der Waals surface area contributed by atoms with Gasteiger partial charge in [-0.15, -0.1) is 0 Å². The van der Waals surface area contributed by atoms with Gasteiger partial charge in [-0.05, 0) is 37.8 Å². The van der Waals surface area contributed by atoms with Crippen LogP contribution in [0.3, 0.4) is 0 Å². The van der Waals surface area contributed by atoms with E-state index < -0.39 is 0 Å². The van der Waals surface area contributed by atoms with Gasteiger partial charge in [0.05, 0.1) is 11.6 Å². The largest absolute Gasteiger partial charge is 0.329 e. The SMILES string of the molecule is CC(C)c1c(Cl)[nH]c(=O)n(C2CN3CCC2CC3)c1=O. The van der Waals surface area contributed by atoms with Crippen molar-refractivity contribution >= 4 is 11.6 Å². The molecule has 0 saturated carbocycles. The smallest absolute Gasteiger partial charge is 0.301 e. The standard InChI is InChI=1S/C14H20ClN3O2/c1-8(2)11-12(15)16-14(20)18(13(11)19)10-7-17-5-3-9(10)4-6-17/h8-10H,3-7H2,1-2H3,(H,16,20). The molecule has 1 aromatic heterocycles. The first-order chi connectivity index (χ1) is 9.49. The lowest BCUT2D eigenvalue weighted by Gasteiger charge is -2.45. The lowest BCUT2D eigenvalue weighted by atomic mass is 9.84.